The Hall–Kier alpha value is -2.22. The summed E-state index contributed by atoms with van der Waals surface area (Å²) in [6, 6.07) is 12.3. The van der Waals surface area contributed by atoms with Crippen LogP contribution in [0.25, 0.3) is 0 Å². The second-order valence-corrected chi connectivity index (χ2v) is 8.76. The molecule has 0 radical (unpaired) electrons. The number of nitrogens with one attached hydrogen (secondary N) is 1. The lowest BCUT2D eigenvalue weighted by Crippen LogP contribution is -2.35. The predicted octanol–water partition coefficient (Wildman–Crippen LogP) is 2.48. The molecule has 0 spiro atoms. The van der Waals surface area contributed by atoms with Gasteiger partial charge in [-0.3, -0.25) is 9.69 Å². The lowest BCUT2D eigenvalue weighted by molar-refractivity contribution is 0.0342. The highest BCUT2D eigenvalue weighted by molar-refractivity contribution is 7.90. The summed E-state index contributed by atoms with van der Waals surface area (Å²) >= 11 is 0. The van der Waals surface area contributed by atoms with Crippen LogP contribution in [0.15, 0.2) is 47.4 Å². The van der Waals surface area contributed by atoms with Gasteiger partial charge in [0.15, 0.2) is 9.84 Å². The quantitative estimate of drug-likeness (QED) is 0.852. The summed E-state index contributed by atoms with van der Waals surface area (Å²) in [4.78, 5) is 15.2. The third-order valence-electron chi connectivity index (χ3n) is 4.65. The van der Waals surface area contributed by atoms with Crippen molar-refractivity contribution in [3.63, 3.8) is 0 Å². The lowest BCUT2D eigenvalue weighted by atomic mass is 10.1. The van der Waals surface area contributed by atoms with E-state index in [4.69, 9.17) is 4.74 Å². The molecule has 0 unspecified atom stereocenters. The van der Waals surface area contributed by atoms with E-state index in [2.05, 4.69) is 10.2 Å². The lowest BCUT2D eigenvalue weighted by Gasteiger charge is -2.27. The number of para-hydroxylation sites is 1. The maximum absolute atomic E-state index is 12.8. The number of carbonyl (C=O) groups is 1. The Balaban J connectivity index is 1.82. The molecule has 0 saturated carbocycles. The number of hydrogen-bond acceptors (Lipinski definition) is 5. The summed E-state index contributed by atoms with van der Waals surface area (Å²) in [5.74, 6) is -0.313. The summed E-state index contributed by atoms with van der Waals surface area (Å²) in [7, 11) is -3.37. The van der Waals surface area contributed by atoms with E-state index >= 15 is 0 Å². The van der Waals surface area contributed by atoms with Gasteiger partial charge in [0, 0.05) is 37.1 Å². The van der Waals surface area contributed by atoms with Gasteiger partial charge in [-0.05, 0) is 36.2 Å². The standard InChI is InChI=1S/C20H24N2O4S/c1-15-7-8-17(27(2,24)25)13-18(15)20(23)21-19-6-4-3-5-16(19)14-22-9-11-26-12-10-22/h3-8,13H,9-12,14H2,1-2H3,(H,21,23). The Morgan fingerprint density at radius 3 is 2.56 bits per heavy atom. The van der Waals surface area contributed by atoms with Gasteiger partial charge in [-0.1, -0.05) is 24.3 Å². The van der Waals surface area contributed by atoms with E-state index in [1.54, 1.807) is 13.0 Å². The average molecular weight is 388 g/mol. The molecule has 27 heavy (non-hydrogen) atoms. The van der Waals surface area contributed by atoms with Crippen LogP contribution in [0.4, 0.5) is 5.69 Å². The molecule has 0 bridgehead atoms. The third kappa shape index (κ3) is 4.94. The van der Waals surface area contributed by atoms with Crippen molar-refractivity contribution < 1.29 is 17.9 Å². The Kier molecular flexibility index (Phi) is 5.94. The van der Waals surface area contributed by atoms with Crippen molar-refractivity contribution in [2.75, 3.05) is 37.9 Å². The van der Waals surface area contributed by atoms with E-state index in [1.165, 1.54) is 12.1 Å². The van der Waals surface area contributed by atoms with Crippen molar-refractivity contribution in [3.05, 3.63) is 59.2 Å². The van der Waals surface area contributed by atoms with Gasteiger partial charge in [0.25, 0.3) is 5.91 Å². The smallest absolute Gasteiger partial charge is 0.255 e. The molecule has 1 amide bonds. The van der Waals surface area contributed by atoms with Crippen LogP contribution in [0.3, 0.4) is 0 Å². The van der Waals surface area contributed by atoms with Crippen molar-refractivity contribution in [3.8, 4) is 0 Å². The molecule has 6 nitrogen and oxygen atoms in total. The van der Waals surface area contributed by atoms with Gasteiger partial charge in [-0.15, -0.1) is 0 Å². The van der Waals surface area contributed by atoms with E-state index in [0.29, 0.717) is 18.8 Å². The zero-order valence-corrected chi connectivity index (χ0v) is 16.4. The first-order chi connectivity index (χ1) is 12.8. The number of aryl methyl sites for hydroxylation is 1. The van der Waals surface area contributed by atoms with Gasteiger partial charge in [0.05, 0.1) is 18.1 Å². The second kappa shape index (κ2) is 8.21. The molecular weight excluding hydrogens is 364 g/mol. The van der Waals surface area contributed by atoms with Crippen molar-refractivity contribution in [2.24, 2.45) is 0 Å². The fourth-order valence-corrected chi connectivity index (χ4v) is 3.69. The molecule has 144 valence electrons. The number of morpholine rings is 1. The number of carbonyl (C=O) groups excluding carboxylic acids is 1. The van der Waals surface area contributed by atoms with Crippen LogP contribution < -0.4 is 5.32 Å². The minimum atomic E-state index is -3.37. The van der Waals surface area contributed by atoms with E-state index in [-0.39, 0.29) is 10.8 Å². The number of nitrogens with zero attached hydrogens (tertiary/aromatic N) is 1. The summed E-state index contributed by atoms with van der Waals surface area (Å²) in [5, 5.41) is 2.94. The Morgan fingerprint density at radius 2 is 1.85 bits per heavy atom. The molecule has 2 aromatic rings. The number of anilines is 1. The summed E-state index contributed by atoms with van der Waals surface area (Å²) in [6.07, 6.45) is 1.14. The largest absolute Gasteiger partial charge is 0.379 e. The monoisotopic (exact) mass is 388 g/mol. The SMILES string of the molecule is Cc1ccc(S(C)(=O)=O)cc1C(=O)Nc1ccccc1CN1CCOCC1. The van der Waals surface area contributed by atoms with Crippen LogP contribution in [0.1, 0.15) is 21.5 Å². The number of ether oxygens (including phenoxy) is 1. The predicted molar refractivity (Wildman–Crippen MR) is 105 cm³/mol. The molecule has 1 heterocycles. The fraction of sp³-hybridized carbons (Fsp3) is 0.350. The summed E-state index contributed by atoms with van der Waals surface area (Å²) in [6.45, 7) is 5.66. The Morgan fingerprint density at radius 1 is 1.15 bits per heavy atom. The number of amides is 1. The normalized spacial score (nSPS) is 15.5. The maximum Gasteiger partial charge on any atom is 0.255 e. The van der Waals surface area contributed by atoms with Gasteiger partial charge < -0.3 is 10.1 Å². The molecule has 1 aliphatic heterocycles. The second-order valence-electron chi connectivity index (χ2n) is 6.75. The van der Waals surface area contributed by atoms with Crippen molar-refractivity contribution in [2.45, 2.75) is 18.4 Å². The molecule has 3 rings (SSSR count). The van der Waals surface area contributed by atoms with Crippen LogP contribution in [0.2, 0.25) is 0 Å². The topological polar surface area (TPSA) is 75.7 Å². The van der Waals surface area contributed by atoms with E-state index in [1.807, 2.05) is 24.3 Å². The van der Waals surface area contributed by atoms with Gasteiger partial charge in [-0.25, -0.2) is 8.42 Å². The first-order valence-corrected chi connectivity index (χ1v) is 10.7. The summed E-state index contributed by atoms with van der Waals surface area (Å²) in [5.41, 5.74) is 2.84. The van der Waals surface area contributed by atoms with Crippen LogP contribution in [0.5, 0.6) is 0 Å². The van der Waals surface area contributed by atoms with Crippen LogP contribution >= 0.6 is 0 Å². The highest BCUT2D eigenvalue weighted by atomic mass is 32.2. The minimum Gasteiger partial charge on any atom is -0.379 e. The van der Waals surface area contributed by atoms with Gasteiger partial charge >= 0.3 is 0 Å². The molecule has 0 aromatic heterocycles. The highest BCUT2D eigenvalue weighted by Gasteiger charge is 2.17. The van der Waals surface area contributed by atoms with Crippen molar-refractivity contribution >= 4 is 21.4 Å². The van der Waals surface area contributed by atoms with Crippen LogP contribution in [-0.2, 0) is 21.1 Å². The number of hydrogen-bond donors (Lipinski definition) is 1. The minimum absolute atomic E-state index is 0.139. The van der Waals surface area contributed by atoms with Crippen molar-refractivity contribution in [1.82, 2.24) is 4.90 Å². The molecular formula is C20H24N2O4S. The van der Waals surface area contributed by atoms with Gasteiger partial charge in [0.2, 0.25) is 0 Å². The fourth-order valence-electron chi connectivity index (χ4n) is 3.05. The third-order valence-corrected chi connectivity index (χ3v) is 5.76. The maximum atomic E-state index is 12.8. The van der Waals surface area contributed by atoms with Crippen LogP contribution in [0, 0.1) is 6.92 Å². The molecule has 7 heteroatoms. The number of benzene rings is 2. The van der Waals surface area contributed by atoms with E-state index in [9.17, 15) is 13.2 Å². The van der Waals surface area contributed by atoms with E-state index in [0.717, 1.165) is 42.7 Å². The number of sulfone groups is 1. The molecule has 1 saturated heterocycles. The zero-order chi connectivity index (χ0) is 19.4. The molecule has 1 fully saturated rings. The van der Waals surface area contributed by atoms with Gasteiger partial charge in [-0.2, -0.15) is 0 Å². The molecule has 1 aliphatic rings. The zero-order valence-electron chi connectivity index (χ0n) is 15.6. The van der Waals surface area contributed by atoms with Gasteiger partial charge in [0.1, 0.15) is 0 Å². The Bertz CT molecular complexity index is 935. The molecule has 0 atom stereocenters. The molecule has 2 aromatic carbocycles. The number of rotatable bonds is 5. The average Bonchev–Trinajstić information content (AvgIpc) is 2.63. The highest BCUT2D eigenvalue weighted by Crippen LogP contribution is 2.21. The molecule has 1 N–H and O–H groups in total. The first-order valence-electron chi connectivity index (χ1n) is 8.84. The summed E-state index contributed by atoms with van der Waals surface area (Å²) < 4.78 is 29.0. The first kappa shape index (κ1) is 19.5. The Labute approximate surface area is 160 Å². The molecule has 0 aliphatic carbocycles. The van der Waals surface area contributed by atoms with Crippen molar-refractivity contribution in [1.29, 1.82) is 0 Å². The van der Waals surface area contributed by atoms with E-state index < -0.39 is 9.84 Å². The van der Waals surface area contributed by atoms with Crippen LogP contribution in [-0.4, -0.2) is 51.8 Å².